The second-order valence-electron chi connectivity index (χ2n) is 15.2. The SMILES string of the molecule is O=C1CCC(N2C(=O)c3ccc(N4CCN(Cc5ccc(CC(=O)Nc6cc([C@H]7CC[C@@H](OC(=O)N8CCC(F)(F)C8)C7)[nH]n6)cc5)CC4)cc3C2=O)C(=O)N1. The fourth-order valence-corrected chi connectivity index (χ4v) is 8.26. The molecule has 3 atom stereocenters. The zero-order valence-electron chi connectivity index (χ0n) is 30.6. The Morgan fingerprint density at radius 1 is 0.893 bits per heavy atom. The van der Waals surface area contributed by atoms with Gasteiger partial charge in [-0.2, -0.15) is 5.10 Å². The molecule has 0 radical (unpaired) electrons. The van der Waals surface area contributed by atoms with Crippen molar-refractivity contribution in [3.05, 3.63) is 76.5 Å². The molecule has 1 saturated carbocycles. The van der Waals surface area contributed by atoms with Crippen molar-refractivity contribution in [3.8, 4) is 0 Å². The van der Waals surface area contributed by atoms with E-state index in [9.17, 15) is 37.5 Å². The van der Waals surface area contributed by atoms with Gasteiger partial charge in [-0.3, -0.25) is 44.2 Å². The predicted octanol–water partition coefficient (Wildman–Crippen LogP) is 3.43. The molecular formula is C39H42F2N8O7. The number of imide groups is 2. The Bertz CT molecular complexity index is 2070. The molecule has 8 rings (SSSR count). The number of fused-ring (bicyclic) bond motifs is 1. The Morgan fingerprint density at radius 3 is 2.38 bits per heavy atom. The second kappa shape index (κ2) is 15.1. The van der Waals surface area contributed by atoms with Crippen LogP contribution < -0.4 is 15.5 Å². The first-order valence-electron chi connectivity index (χ1n) is 19.0. The molecule has 3 aromatic rings. The summed E-state index contributed by atoms with van der Waals surface area (Å²) >= 11 is 0. The molecule has 17 heteroatoms. The molecule has 1 unspecified atom stereocenters. The molecular weight excluding hydrogens is 730 g/mol. The Hall–Kier alpha value is -5.71. The van der Waals surface area contributed by atoms with Gasteiger partial charge in [0, 0.05) is 75.5 Å². The number of hydrogen-bond acceptors (Lipinski definition) is 10. The van der Waals surface area contributed by atoms with Crippen LogP contribution in [0.3, 0.4) is 0 Å². The maximum atomic E-state index is 13.5. The second-order valence-corrected chi connectivity index (χ2v) is 15.2. The smallest absolute Gasteiger partial charge is 0.410 e. The quantitative estimate of drug-likeness (QED) is 0.273. The number of carbonyl (C=O) groups is 6. The zero-order valence-corrected chi connectivity index (χ0v) is 30.6. The number of aromatic amines is 1. The molecule has 4 fully saturated rings. The van der Waals surface area contributed by atoms with Crippen molar-refractivity contribution < 1.29 is 42.3 Å². The molecule has 15 nitrogen and oxygen atoms in total. The predicted molar refractivity (Wildman–Crippen MR) is 196 cm³/mol. The van der Waals surface area contributed by atoms with E-state index in [1.54, 1.807) is 18.2 Å². The number of nitrogens with one attached hydrogen (secondary N) is 3. The fraction of sp³-hybridized carbons (Fsp3) is 0.462. The van der Waals surface area contributed by atoms with Crippen molar-refractivity contribution in [2.75, 3.05) is 49.5 Å². The van der Waals surface area contributed by atoms with Crippen molar-refractivity contribution >= 4 is 47.1 Å². The van der Waals surface area contributed by atoms with Crippen LogP contribution >= 0.6 is 0 Å². The van der Waals surface area contributed by atoms with E-state index in [1.165, 1.54) is 0 Å². The summed E-state index contributed by atoms with van der Waals surface area (Å²) in [4.78, 5) is 82.0. The molecule has 294 valence electrons. The van der Waals surface area contributed by atoms with Gasteiger partial charge in [0.15, 0.2) is 5.82 Å². The number of piperazine rings is 1. The van der Waals surface area contributed by atoms with E-state index >= 15 is 0 Å². The highest BCUT2D eigenvalue weighted by Crippen LogP contribution is 2.37. The number of alkyl halides is 2. The number of halogens is 2. The fourth-order valence-electron chi connectivity index (χ4n) is 8.26. The number of ether oxygens (including phenoxy) is 1. The van der Waals surface area contributed by atoms with E-state index < -0.39 is 48.2 Å². The summed E-state index contributed by atoms with van der Waals surface area (Å²) in [5, 5.41) is 12.3. The minimum absolute atomic E-state index is 0.0107. The molecule has 0 spiro atoms. The molecule has 2 aromatic carbocycles. The topological polar surface area (TPSA) is 177 Å². The normalized spacial score (nSPS) is 23.8. The largest absolute Gasteiger partial charge is 0.446 e. The highest BCUT2D eigenvalue weighted by Gasteiger charge is 2.45. The lowest BCUT2D eigenvalue weighted by atomic mass is 10.0. The number of nitrogens with zero attached hydrogens (tertiary/aromatic N) is 5. The summed E-state index contributed by atoms with van der Waals surface area (Å²) in [5.74, 6) is -4.73. The molecule has 5 heterocycles. The van der Waals surface area contributed by atoms with Crippen LogP contribution in [0, 0.1) is 0 Å². The van der Waals surface area contributed by atoms with Gasteiger partial charge in [-0.15, -0.1) is 0 Å². The molecule has 56 heavy (non-hydrogen) atoms. The maximum absolute atomic E-state index is 13.5. The lowest BCUT2D eigenvalue weighted by Gasteiger charge is -2.36. The Labute approximate surface area is 320 Å². The van der Waals surface area contributed by atoms with Gasteiger partial charge in [0.05, 0.1) is 24.1 Å². The highest BCUT2D eigenvalue weighted by atomic mass is 19.3. The average Bonchev–Trinajstić information content (AvgIpc) is 3.97. The number of anilines is 2. The van der Waals surface area contributed by atoms with Crippen molar-refractivity contribution in [1.29, 1.82) is 0 Å². The van der Waals surface area contributed by atoms with Gasteiger partial charge in [0.25, 0.3) is 17.7 Å². The molecule has 1 aromatic heterocycles. The summed E-state index contributed by atoms with van der Waals surface area (Å²) in [7, 11) is 0. The summed E-state index contributed by atoms with van der Waals surface area (Å²) in [5.41, 5.74) is 4.12. The molecule has 4 aliphatic heterocycles. The van der Waals surface area contributed by atoms with Crippen LogP contribution in [0.1, 0.15) is 82.0 Å². The van der Waals surface area contributed by atoms with Crippen LogP contribution in [-0.4, -0.2) is 118 Å². The molecule has 3 N–H and O–H groups in total. The lowest BCUT2D eigenvalue weighted by molar-refractivity contribution is -0.136. The highest BCUT2D eigenvalue weighted by molar-refractivity contribution is 6.23. The third kappa shape index (κ3) is 7.85. The minimum atomic E-state index is -2.87. The standard InChI is InChI=1S/C39H42F2N8O7/c40-39(41)11-12-48(22-39)38(55)56-27-7-5-25(18-27)30-20-32(45-44-30)42-34(51)17-23-1-3-24(4-2-23)21-46-13-15-47(16-14-46)26-6-8-28-29(19-26)37(54)49(36(28)53)31-9-10-33(50)43-35(31)52/h1-4,6,8,19-20,25,27,31H,5,7,9-18,21-22H2,(H,43,50,52)(H2,42,44,45,51)/t25-,27+,31?/m0/s1. The number of benzene rings is 2. The molecule has 0 bridgehead atoms. The molecule has 1 aliphatic carbocycles. The van der Waals surface area contributed by atoms with Gasteiger partial charge in [0.2, 0.25) is 17.7 Å². The number of piperidine rings is 1. The van der Waals surface area contributed by atoms with E-state index in [-0.39, 0.29) is 61.3 Å². The van der Waals surface area contributed by atoms with E-state index in [1.807, 2.05) is 30.3 Å². The molecule has 3 saturated heterocycles. The van der Waals surface area contributed by atoms with Crippen LogP contribution in [0.2, 0.25) is 0 Å². The van der Waals surface area contributed by atoms with Crippen molar-refractivity contribution in [3.63, 3.8) is 0 Å². The number of aromatic nitrogens is 2. The maximum Gasteiger partial charge on any atom is 0.410 e. The number of H-pyrrole nitrogens is 1. The van der Waals surface area contributed by atoms with Crippen molar-refractivity contribution in [2.24, 2.45) is 0 Å². The van der Waals surface area contributed by atoms with E-state index in [2.05, 4.69) is 30.6 Å². The van der Waals surface area contributed by atoms with Gasteiger partial charge in [0.1, 0.15) is 12.1 Å². The number of hydrogen-bond donors (Lipinski definition) is 3. The van der Waals surface area contributed by atoms with E-state index in [0.29, 0.717) is 31.7 Å². The van der Waals surface area contributed by atoms with Crippen LogP contribution in [0.5, 0.6) is 0 Å². The van der Waals surface area contributed by atoms with Gasteiger partial charge >= 0.3 is 6.09 Å². The van der Waals surface area contributed by atoms with Crippen molar-refractivity contribution in [1.82, 2.24) is 30.2 Å². The van der Waals surface area contributed by atoms with Crippen LogP contribution in [0.25, 0.3) is 0 Å². The zero-order chi connectivity index (χ0) is 39.1. The summed E-state index contributed by atoms with van der Waals surface area (Å²) in [6, 6.07) is 13.8. The number of likely N-dealkylation sites (tertiary alicyclic amines) is 1. The summed E-state index contributed by atoms with van der Waals surface area (Å²) in [6.07, 6.45) is 0.830. The average molecular weight is 773 g/mol. The van der Waals surface area contributed by atoms with Crippen LogP contribution in [-0.2, 0) is 32.1 Å². The Kier molecular flexibility index (Phi) is 10.0. The first-order chi connectivity index (χ1) is 26.9. The van der Waals surface area contributed by atoms with Gasteiger partial charge in [-0.25, -0.2) is 13.6 Å². The van der Waals surface area contributed by atoms with Gasteiger partial charge in [-0.05, 0) is 55.0 Å². The first kappa shape index (κ1) is 37.2. The summed E-state index contributed by atoms with van der Waals surface area (Å²) in [6.45, 7) is 3.07. The molecule has 5 aliphatic rings. The monoisotopic (exact) mass is 772 g/mol. The number of rotatable bonds is 9. The summed E-state index contributed by atoms with van der Waals surface area (Å²) < 4.78 is 32.5. The Balaban J connectivity index is 0.773. The van der Waals surface area contributed by atoms with Crippen LogP contribution in [0.15, 0.2) is 48.5 Å². The van der Waals surface area contributed by atoms with E-state index in [4.69, 9.17) is 4.74 Å². The third-order valence-electron chi connectivity index (χ3n) is 11.3. The number of amides is 6. The third-order valence-corrected chi connectivity index (χ3v) is 11.3. The first-order valence-corrected chi connectivity index (χ1v) is 19.0. The van der Waals surface area contributed by atoms with Crippen LogP contribution in [0.4, 0.5) is 25.1 Å². The van der Waals surface area contributed by atoms with Crippen molar-refractivity contribution in [2.45, 2.75) is 75.5 Å². The minimum Gasteiger partial charge on any atom is -0.446 e. The van der Waals surface area contributed by atoms with Gasteiger partial charge < -0.3 is 19.9 Å². The van der Waals surface area contributed by atoms with Gasteiger partial charge in [-0.1, -0.05) is 24.3 Å². The van der Waals surface area contributed by atoms with E-state index in [0.717, 1.165) is 58.4 Å². The lowest BCUT2D eigenvalue weighted by Crippen LogP contribution is -2.54. The Morgan fingerprint density at radius 2 is 1.64 bits per heavy atom. The molecule has 6 amide bonds. The number of carbonyl (C=O) groups excluding carboxylic acids is 6.